The number of hydrogen-bond donors (Lipinski definition) is 3. The minimum Gasteiger partial charge on any atom is -0.481 e. The highest BCUT2D eigenvalue weighted by molar-refractivity contribution is 7.98. The third kappa shape index (κ3) is 5.22. The van der Waals surface area contributed by atoms with Crippen LogP contribution in [0.15, 0.2) is 48.5 Å². The first kappa shape index (κ1) is 24.1. The van der Waals surface area contributed by atoms with Crippen LogP contribution in [0.2, 0.25) is 0 Å². The van der Waals surface area contributed by atoms with E-state index in [-0.39, 0.29) is 18.4 Å². The molecule has 7 nitrogen and oxygen atoms in total. The molecule has 3 atom stereocenters. The van der Waals surface area contributed by atoms with Crippen molar-refractivity contribution in [3.8, 4) is 11.1 Å². The van der Waals surface area contributed by atoms with Gasteiger partial charge in [0, 0.05) is 12.0 Å². The third-order valence-corrected chi connectivity index (χ3v) is 7.37. The molecule has 4 rings (SSSR count). The van der Waals surface area contributed by atoms with Crippen molar-refractivity contribution in [2.45, 2.75) is 43.7 Å². The summed E-state index contributed by atoms with van der Waals surface area (Å²) in [5.41, 5.74) is 4.53. The maximum absolute atomic E-state index is 12.9. The highest BCUT2D eigenvalue weighted by atomic mass is 32.2. The van der Waals surface area contributed by atoms with Gasteiger partial charge in [0.05, 0.1) is 5.92 Å². The van der Waals surface area contributed by atoms with Crippen LogP contribution in [0.1, 0.15) is 42.7 Å². The Hall–Kier alpha value is -3.00. The molecule has 34 heavy (non-hydrogen) atoms. The maximum atomic E-state index is 12.9. The fourth-order valence-electron chi connectivity index (χ4n) is 5.00. The van der Waals surface area contributed by atoms with E-state index in [9.17, 15) is 19.5 Å². The number of alkyl carbamates (subject to hydrolysis) is 1. The summed E-state index contributed by atoms with van der Waals surface area (Å²) in [4.78, 5) is 37.1. The molecule has 2 amide bonds. The number of ether oxygens (including phenoxy) is 1. The van der Waals surface area contributed by atoms with Crippen molar-refractivity contribution in [1.82, 2.24) is 10.6 Å². The molecule has 1 saturated carbocycles. The lowest BCUT2D eigenvalue weighted by Gasteiger charge is -2.23. The molecule has 0 radical (unpaired) electrons. The molecule has 1 fully saturated rings. The molecule has 0 aliphatic heterocycles. The maximum Gasteiger partial charge on any atom is 0.407 e. The van der Waals surface area contributed by atoms with E-state index in [1.54, 1.807) is 11.8 Å². The SMILES string of the molecule is CSCC[C@@H](NC(=O)OCC1c2ccccc2-c2ccccc21)C(=O)N[C@H]1CCC[C@H]1C(=O)O. The number of carbonyl (C=O) groups is 3. The van der Waals surface area contributed by atoms with Crippen LogP contribution in [0.5, 0.6) is 0 Å². The Morgan fingerprint density at radius 3 is 2.32 bits per heavy atom. The van der Waals surface area contributed by atoms with E-state index in [2.05, 4.69) is 34.9 Å². The summed E-state index contributed by atoms with van der Waals surface area (Å²) < 4.78 is 5.60. The van der Waals surface area contributed by atoms with E-state index in [1.807, 2.05) is 30.5 Å². The van der Waals surface area contributed by atoms with Crippen molar-refractivity contribution < 1.29 is 24.2 Å². The number of amides is 2. The fraction of sp³-hybridized carbons (Fsp3) is 0.423. The third-order valence-electron chi connectivity index (χ3n) is 6.72. The van der Waals surface area contributed by atoms with Crippen LogP contribution >= 0.6 is 11.8 Å². The number of rotatable bonds is 9. The number of carboxylic acid groups (broad SMARTS) is 1. The Labute approximate surface area is 203 Å². The molecule has 0 unspecified atom stereocenters. The number of benzene rings is 2. The normalized spacial score (nSPS) is 19.7. The second-order valence-corrected chi connectivity index (χ2v) is 9.78. The van der Waals surface area contributed by atoms with Crippen LogP contribution in [0.3, 0.4) is 0 Å². The van der Waals surface area contributed by atoms with Gasteiger partial charge < -0.3 is 20.5 Å². The Bertz CT molecular complexity index is 1010. The number of thioether (sulfide) groups is 1. The standard InChI is InChI=1S/C26H30N2O5S/c1-34-14-13-23(24(29)27-22-12-6-11-20(22)25(30)31)28-26(32)33-15-21-18-9-4-2-7-16(18)17-8-3-5-10-19(17)21/h2-5,7-10,20-23H,6,11-15H2,1H3,(H,27,29)(H,28,32)(H,30,31)/t20-,22+,23-/m1/s1. The highest BCUT2D eigenvalue weighted by Crippen LogP contribution is 2.44. The van der Waals surface area contributed by atoms with Gasteiger partial charge in [-0.1, -0.05) is 55.0 Å². The van der Waals surface area contributed by atoms with Crippen LogP contribution in [0.25, 0.3) is 11.1 Å². The van der Waals surface area contributed by atoms with Crippen molar-refractivity contribution >= 4 is 29.7 Å². The highest BCUT2D eigenvalue weighted by Gasteiger charge is 2.35. The lowest BCUT2D eigenvalue weighted by Crippen LogP contribution is -2.51. The smallest absolute Gasteiger partial charge is 0.407 e. The van der Waals surface area contributed by atoms with E-state index in [0.717, 1.165) is 28.7 Å². The lowest BCUT2D eigenvalue weighted by atomic mass is 9.98. The van der Waals surface area contributed by atoms with E-state index >= 15 is 0 Å². The zero-order valence-electron chi connectivity index (χ0n) is 19.2. The quantitative estimate of drug-likeness (QED) is 0.499. The number of nitrogens with one attached hydrogen (secondary N) is 2. The molecule has 8 heteroatoms. The van der Waals surface area contributed by atoms with Crippen LogP contribution in [-0.2, 0) is 14.3 Å². The second kappa shape index (κ2) is 11.0. The van der Waals surface area contributed by atoms with Gasteiger partial charge in [0.15, 0.2) is 0 Å². The molecule has 0 bridgehead atoms. The molecule has 0 aromatic heterocycles. The summed E-state index contributed by atoms with van der Waals surface area (Å²) in [6.07, 6.45) is 3.65. The minimum atomic E-state index is -0.895. The first-order chi connectivity index (χ1) is 16.5. The second-order valence-electron chi connectivity index (χ2n) is 8.79. The van der Waals surface area contributed by atoms with Gasteiger partial charge in [-0.15, -0.1) is 0 Å². The summed E-state index contributed by atoms with van der Waals surface area (Å²) >= 11 is 1.57. The number of carboxylic acids is 1. The van der Waals surface area contributed by atoms with Gasteiger partial charge in [-0.25, -0.2) is 4.79 Å². The van der Waals surface area contributed by atoms with Crippen molar-refractivity contribution in [2.24, 2.45) is 5.92 Å². The number of fused-ring (bicyclic) bond motifs is 3. The zero-order chi connectivity index (χ0) is 24.1. The van der Waals surface area contributed by atoms with Crippen molar-refractivity contribution in [1.29, 1.82) is 0 Å². The van der Waals surface area contributed by atoms with Crippen LogP contribution in [0, 0.1) is 5.92 Å². The number of aliphatic carboxylic acids is 1. The zero-order valence-corrected chi connectivity index (χ0v) is 20.0. The topological polar surface area (TPSA) is 105 Å². The molecule has 2 aliphatic rings. The largest absolute Gasteiger partial charge is 0.481 e. The first-order valence-electron chi connectivity index (χ1n) is 11.6. The van der Waals surface area contributed by atoms with E-state index in [0.29, 0.717) is 25.0 Å². The number of hydrogen-bond acceptors (Lipinski definition) is 5. The average Bonchev–Trinajstić information content (AvgIpc) is 3.43. The van der Waals surface area contributed by atoms with Crippen molar-refractivity contribution in [3.05, 3.63) is 59.7 Å². The molecule has 2 aromatic carbocycles. The molecular weight excluding hydrogens is 452 g/mol. The first-order valence-corrected chi connectivity index (χ1v) is 13.0. The van der Waals surface area contributed by atoms with E-state index in [4.69, 9.17) is 4.74 Å². The van der Waals surface area contributed by atoms with Gasteiger partial charge in [-0.3, -0.25) is 9.59 Å². The van der Waals surface area contributed by atoms with Gasteiger partial charge in [-0.2, -0.15) is 11.8 Å². The van der Waals surface area contributed by atoms with Crippen LogP contribution in [0.4, 0.5) is 4.79 Å². The summed E-state index contributed by atoms with van der Waals surface area (Å²) in [5, 5.41) is 14.9. The van der Waals surface area contributed by atoms with E-state index < -0.39 is 30.1 Å². The average molecular weight is 483 g/mol. The van der Waals surface area contributed by atoms with Gasteiger partial charge >= 0.3 is 12.1 Å². The summed E-state index contributed by atoms with van der Waals surface area (Å²) in [6, 6.07) is 15.0. The minimum absolute atomic E-state index is 0.0635. The summed E-state index contributed by atoms with van der Waals surface area (Å²) in [5.74, 6) is -1.23. The molecular formula is C26H30N2O5S. The Balaban J connectivity index is 1.39. The molecule has 2 aromatic rings. The van der Waals surface area contributed by atoms with Gasteiger partial charge in [-0.05, 0) is 53.5 Å². The lowest BCUT2D eigenvalue weighted by molar-refractivity contribution is -0.142. The fourth-order valence-corrected chi connectivity index (χ4v) is 5.47. The van der Waals surface area contributed by atoms with Gasteiger partial charge in [0.25, 0.3) is 0 Å². The molecule has 2 aliphatic carbocycles. The Morgan fingerprint density at radius 1 is 1.06 bits per heavy atom. The monoisotopic (exact) mass is 482 g/mol. The van der Waals surface area contributed by atoms with Crippen molar-refractivity contribution in [3.63, 3.8) is 0 Å². The van der Waals surface area contributed by atoms with Crippen molar-refractivity contribution in [2.75, 3.05) is 18.6 Å². The summed E-state index contributed by atoms with van der Waals surface area (Å²) in [7, 11) is 0. The molecule has 0 spiro atoms. The van der Waals surface area contributed by atoms with Crippen LogP contribution < -0.4 is 10.6 Å². The van der Waals surface area contributed by atoms with E-state index in [1.165, 1.54) is 0 Å². The predicted octanol–water partition coefficient (Wildman–Crippen LogP) is 4.02. The predicted molar refractivity (Wildman–Crippen MR) is 132 cm³/mol. The van der Waals surface area contributed by atoms with Gasteiger partial charge in [0.2, 0.25) is 5.91 Å². The number of carbonyl (C=O) groups excluding carboxylic acids is 2. The van der Waals surface area contributed by atoms with Crippen LogP contribution in [-0.4, -0.2) is 53.8 Å². The molecule has 180 valence electrons. The summed E-state index contributed by atoms with van der Waals surface area (Å²) in [6.45, 7) is 0.167. The van der Waals surface area contributed by atoms with Gasteiger partial charge in [0.1, 0.15) is 12.6 Å². The molecule has 3 N–H and O–H groups in total. The molecule has 0 heterocycles. The molecule has 0 saturated heterocycles. The Kier molecular flexibility index (Phi) is 7.77. The Morgan fingerprint density at radius 2 is 1.71 bits per heavy atom.